The Morgan fingerprint density at radius 2 is 1.88 bits per heavy atom. The van der Waals surface area contributed by atoms with Gasteiger partial charge in [-0.15, -0.1) is 0 Å². The average molecular weight is 372 g/mol. The molecule has 1 N–H and O–H groups in total. The normalized spacial score (nSPS) is 11.3. The standard InChI is InChI=1S/C16H12N4O5S/c1-8-3-9(2)14-13(4-8)26-16(18-14)17-7-10-5-11(19(22)23)6-12(15(10)21)20(24)25/h3-7,21H,1-2H3. The van der Waals surface area contributed by atoms with Crippen molar-refractivity contribution in [2.45, 2.75) is 13.8 Å². The van der Waals surface area contributed by atoms with Crippen molar-refractivity contribution in [2.24, 2.45) is 4.99 Å². The van der Waals surface area contributed by atoms with Crippen LogP contribution in [-0.4, -0.2) is 26.2 Å². The Morgan fingerprint density at radius 3 is 2.54 bits per heavy atom. The van der Waals surface area contributed by atoms with E-state index < -0.39 is 27.0 Å². The number of hydrogen-bond acceptors (Lipinski definition) is 8. The molecule has 2 aromatic carbocycles. The first-order valence-electron chi connectivity index (χ1n) is 7.34. The maximum atomic E-state index is 11.0. The Morgan fingerprint density at radius 1 is 1.15 bits per heavy atom. The third-order valence-electron chi connectivity index (χ3n) is 3.64. The number of fused-ring (bicyclic) bond motifs is 1. The summed E-state index contributed by atoms with van der Waals surface area (Å²) in [5.74, 6) is -0.683. The van der Waals surface area contributed by atoms with Gasteiger partial charge >= 0.3 is 5.69 Å². The predicted molar refractivity (Wildman–Crippen MR) is 97.8 cm³/mol. The van der Waals surface area contributed by atoms with Gasteiger partial charge in [-0.05, 0) is 31.0 Å². The first kappa shape index (κ1) is 17.4. The lowest BCUT2D eigenvalue weighted by Crippen LogP contribution is -1.96. The second kappa shape index (κ2) is 6.48. The van der Waals surface area contributed by atoms with E-state index in [4.69, 9.17) is 0 Å². The van der Waals surface area contributed by atoms with Gasteiger partial charge in [0, 0.05) is 17.8 Å². The number of aromatic nitrogens is 1. The Hall–Kier alpha value is -3.40. The number of thiazole rings is 1. The van der Waals surface area contributed by atoms with Crippen molar-refractivity contribution in [2.75, 3.05) is 0 Å². The summed E-state index contributed by atoms with van der Waals surface area (Å²) in [4.78, 5) is 28.8. The van der Waals surface area contributed by atoms with Crippen LogP contribution in [0.25, 0.3) is 10.2 Å². The van der Waals surface area contributed by atoms with Crippen molar-refractivity contribution in [3.05, 3.63) is 61.2 Å². The summed E-state index contributed by atoms with van der Waals surface area (Å²) < 4.78 is 0.934. The third-order valence-corrected chi connectivity index (χ3v) is 4.55. The van der Waals surface area contributed by atoms with Gasteiger partial charge < -0.3 is 5.11 Å². The number of nitro groups is 2. The van der Waals surface area contributed by atoms with Crippen LogP contribution in [0.3, 0.4) is 0 Å². The lowest BCUT2D eigenvalue weighted by molar-refractivity contribution is -0.394. The van der Waals surface area contributed by atoms with E-state index in [1.54, 1.807) is 0 Å². The minimum atomic E-state index is -0.885. The van der Waals surface area contributed by atoms with Gasteiger partial charge in [0.25, 0.3) is 5.69 Å². The largest absolute Gasteiger partial charge is 0.502 e. The van der Waals surface area contributed by atoms with Gasteiger partial charge in [0.15, 0.2) is 0 Å². The number of non-ortho nitro benzene ring substituents is 1. The van der Waals surface area contributed by atoms with Crippen LogP contribution in [0.4, 0.5) is 16.5 Å². The van der Waals surface area contributed by atoms with E-state index in [1.165, 1.54) is 11.3 Å². The molecule has 1 aromatic heterocycles. The fraction of sp³-hybridized carbons (Fsp3) is 0.125. The molecule has 0 radical (unpaired) electrons. The molecule has 0 fully saturated rings. The number of phenols is 1. The van der Waals surface area contributed by atoms with E-state index in [-0.39, 0.29) is 5.56 Å². The zero-order valence-corrected chi connectivity index (χ0v) is 14.5. The second-order valence-corrected chi connectivity index (χ2v) is 6.61. The predicted octanol–water partition coefficient (Wildman–Crippen LogP) is 4.19. The molecule has 3 aromatic rings. The fourth-order valence-electron chi connectivity index (χ4n) is 2.51. The first-order valence-corrected chi connectivity index (χ1v) is 8.15. The highest BCUT2D eigenvalue weighted by atomic mass is 32.1. The Labute approximate surface area is 150 Å². The number of aromatic hydroxyl groups is 1. The smallest absolute Gasteiger partial charge is 0.318 e. The molecule has 0 saturated carbocycles. The van der Waals surface area contributed by atoms with Crippen molar-refractivity contribution < 1.29 is 15.0 Å². The summed E-state index contributed by atoms with van der Waals surface area (Å²) in [6.45, 7) is 3.90. The lowest BCUT2D eigenvalue weighted by Gasteiger charge is -2.00. The molecule has 1 heterocycles. The summed E-state index contributed by atoms with van der Waals surface area (Å²) in [5.41, 5.74) is 1.48. The molecule has 3 rings (SSSR count). The van der Waals surface area contributed by atoms with E-state index >= 15 is 0 Å². The highest BCUT2D eigenvalue weighted by Gasteiger charge is 2.23. The maximum Gasteiger partial charge on any atom is 0.318 e. The van der Waals surface area contributed by atoms with E-state index in [1.807, 2.05) is 26.0 Å². The van der Waals surface area contributed by atoms with Crippen molar-refractivity contribution in [1.29, 1.82) is 0 Å². The van der Waals surface area contributed by atoms with E-state index in [9.17, 15) is 25.3 Å². The van der Waals surface area contributed by atoms with Crippen LogP contribution in [0.2, 0.25) is 0 Å². The number of phenolic OH excluding ortho intramolecular Hbond substituents is 1. The van der Waals surface area contributed by atoms with Crippen LogP contribution in [0.1, 0.15) is 16.7 Å². The molecule has 0 aliphatic carbocycles. The molecule has 9 nitrogen and oxygen atoms in total. The van der Waals surface area contributed by atoms with E-state index in [0.717, 1.165) is 33.6 Å². The molecule has 0 aliphatic heterocycles. The number of rotatable bonds is 4. The molecular formula is C16H12N4O5S. The molecule has 0 aliphatic rings. The van der Waals surface area contributed by atoms with Gasteiger partial charge in [0.2, 0.25) is 10.9 Å². The molecule has 26 heavy (non-hydrogen) atoms. The van der Waals surface area contributed by atoms with Crippen LogP contribution >= 0.6 is 11.3 Å². The van der Waals surface area contributed by atoms with Gasteiger partial charge in [0.1, 0.15) is 0 Å². The summed E-state index contributed by atoms with van der Waals surface area (Å²) in [7, 11) is 0. The summed E-state index contributed by atoms with van der Waals surface area (Å²) >= 11 is 1.31. The van der Waals surface area contributed by atoms with E-state index in [0.29, 0.717) is 11.2 Å². The van der Waals surface area contributed by atoms with Gasteiger partial charge in [-0.2, -0.15) is 0 Å². The molecular weight excluding hydrogens is 360 g/mol. The maximum absolute atomic E-state index is 11.0. The van der Waals surface area contributed by atoms with Gasteiger partial charge in [0.05, 0.1) is 26.1 Å². The van der Waals surface area contributed by atoms with Crippen molar-refractivity contribution in [1.82, 2.24) is 4.98 Å². The van der Waals surface area contributed by atoms with E-state index in [2.05, 4.69) is 9.98 Å². The average Bonchev–Trinajstić information content (AvgIpc) is 2.96. The number of hydrogen-bond donors (Lipinski definition) is 1. The number of nitro benzene ring substituents is 2. The third kappa shape index (κ3) is 3.22. The second-order valence-electron chi connectivity index (χ2n) is 5.60. The lowest BCUT2D eigenvalue weighted by atomic mass is 10.1. The highest BCUT2D eigenvalue weighted by molar-refractivity contribution is 7.22. The zero-order chi connectivity index (χ0) is 19.0. The topological polar surface area (TPSA) is 132 Å². The number of nitrogens with zero attached hydrogens (tertiary/aromatic N) is 4. The van der Waals surface area contributed by atoms with Crippen LogP contribution in [0.15, 0.2) is 29.3 Å². The molecule has 0 unspecified atom stereocenters. The number of aliphatic imine (C=N–C) groups is 1. The number of benzene rings is 2. The van der Waals surface area contributed by atoms with Crippen LogP contribution < -0.4 is 0 Å². The number of aryl methyl sites for hydroxylation is 2. The molecule has 0 spiro atoms. The first-order chi connectivity index (χ1) is 12.3. The van der Waals surface area contributed by atoms with Crippen LogP contribution in [0, 0.1) is 34.1 Å². The molecule has 0 amide bonds. The molecule has 10 heteroatoms. The Kier molecular flexibility index (Phi) is 4.34. The summed E-state index contributed by atoms with van der Waals surface area (Å²) in [5, 5.41) is 32.3. The molecule has 0 bridgehead atoms. The quantitative estimate of drug-likeness (QED) is 0.415. The minimum Gasteiger partial charge on any atom is -0.502 e. The van der Waals surface area contributed by atoms with Gasteiger partial charge in [-0.25, -0.2) is 9.98 Å². The molecule has 0 saturated heterocycles. The van der Waals surface area contributed by atoms with Crippen LogP contribution in [0.5, 0.6) is 5.75 Å². The Balaban J connectivity index is 2.06. The van der Waals surface area contributed by atoms with Crippen molar-refractivity contribution >= 4 is 44.3 Å². The SMILES string of the molecule is Cc1cc(C)c2nc(N=Cc3cc([N+](=O)[O-])cc([N+](=O)[O-])c3O)sc2c1. The van der Waals surface area contributed by atoms with Gasteiger partial charge in [-0.3, -0.25) is 20.2 Å². The van der Waals surface area contributed by atoms with Gasteiger partial charge in [-0.1, -0.05) is 17.4 Å². The summed E-state index contributed by atoms with van der Waals surface area (Å²) in [6.07, 6.45) is 1.13. The minimum absolute atomic E-state index is 0.127. The highest BCUT2D eigenvalue weighted by Crippen LogP contribution is 2.35. The van der Waals surface area contributed by atoms with Crippen molar-refractivity contribution in [3.8, 4) is 5.75 Å². The van der Waals surface area contributed by atoms with Crippen LogP contribution in [-0.2, 0) is 0 Å². The molecule has 132 valence electrons. The fourth-order valence-corrected chi connectivity index (χ4v) is 3.49. The monoisotopic (exact) mass is 372 g/mol. The molecule has 0 atom stereocenters. The zero-order valence-electron chi connectivity index (χ0n) is 13.7. The Bertz CT molecular complexity index is 1090. The summed E-state index contributed by atoms with van der Waals surface area (Å²) in [6, 6.07) is 5.69. The van der Waals surface area contributed by atoms with Crippen molar-refractivity contribution in [3.63, 3.8) is 0 Å².